The normalized spacial score (nSPS) is 9.27. The lowest BCUT2D eigenvalue weighted by molar-refractivity contribution is 0.336. The van der Waals surface area contributed by atoms with Gasteiger partial charge in [0.2, 0.25) is 0 Å². The topological polar surface area (TPSA) is 67.2 Å². The van der Waals surface area contributed by atoms with Crippen molar-refractivity contribution in [2.75, 3.05) is 10.6 Å². The summed E-state index contributed by atoms with van der Waals surface area (Å²) in [5, 5.41) is 13.7. The summed E-state index contributed by atoms with van der Waals surface area (Å²) in [5.74, 6) is 0. The molecule has 118 valence electrons. The Hall–Kier alpha value is -2.06. The van der Waals surface area contributed by atoms with Crippen LogP contribution in [0.3, 0.4) is 0 Å². The number of hydrogen-bond acceptors (Lipinski definition) is 6. The zero-order chi connectivity index (χ0) is 16.5. The maximum atomic E-state index is 5.03. The SMILES string of the molecule is CC(C)=NOC(=S)Nc1cccc(NC(=S)ON=C(C)C)c1. The van der Waals surface area contributed by atoms with Crippen LogP contribution in [0.4, 0.5) is 11.4 Å². The number of hydrogen-bond donors (Lipinski definition) is 2. The molecule has 2 N–H and O–H groups in total. The van der Waals surface area contributed by atoms with E-state index < -0.39 is 0 Å². The van der Waals surface area contributed by atoms with E-state index in [1.807, 2.05) is 45.9 Å². The highest BCUT2D eigenvalue weighted by molar-refractivity contribution is 7.80. The number of nitrogens with zero attached hydrogens (tertiary/aromatic N) is 2. The molecule has 0 aromatic heterocycles. The Bertz CT molecular complexity index is 557. The van der Waals surface area contributed by atoms with Crippen LogP contribution < -0.4 is 10.6 Å². The van der Waals surface area contributed by atoms with Crippen molar-refractivity contribution in [2.45, 2.75) is 27.7 Å². The Morgan fingerprint density at radius 2 is 1.27 bits per heavy atom. The fraction of sp³-hybridized carbons (Fsp3) is 0.286. The summed E-state index contributed by atoms with van der Waals surface area (Å²) in [6.45, 7) is 7.26. The highest BCUT2D eigenvalue weighted by Gasteiger charge is 2.02. The summed E-state index contributed by atoms with van der Waals surface area (Å²) in [6.07, 6.45) is 0. The summed E-state index contributed by atoms with van der Waals surface area (Å²) in [5.41, 5.74) is 3.01. The van der Waals surface area contributed by atoms with Crippen LogP contribution in [0.2, 0.25) is 0 Å². The zero-order valence-electron chi connectivity index (χ0n) is 12.8. The molecule has 22 heavy (non-hydrogen) atoms. The van der Waals surface area contributed by atoms with Crippen LogP contribution in [0.15, 0.2) is 34.6 Å². The first-order valence-corrected chi connectivity index (χ1v) is 7.27. The second-order valence-electron chi connectivity index (χ2n) is 4.67. The molecule has 1 aromatic rings. The van der Waals surface area contributed by atoms with Gasteiger partial charge in [-0.1, -0.05) is 16.4 Å². The molecule has 0 saturated carbocycles. The van der Waals surface area contributed by atoms with Crippen molar-refractivity contribution >= 4 is 57.6 Å². The van der Waals surface area contributed by atoms with Gasteiger partial charge in [0, 0.05) is 11.4 Å². The largest absolute Gasteiger partial charge is 0.326 e. The third-order valence-corrected chi connectivity index (χ3v) is 2.33. The third-order valence-electron chi connectivity index (χ3n) is 1.98. The van der Waals surface area contributed by atoms with Crippen molar-refractivity contribution in [3.05, 3.63) is 24.3 Å². The predicted octanol–water partition coefficient (Wildman–Crippen LogP) is 3.91. The predicted molar refractivity (Wildman–Crippen MR) is 98.6 cm³/mol. The first-order chi connectivity index (χ1) is 10.4. The van der Waals surface area contributed by atoms with Crippen LogP contribution in [0.25, 0.3) is 0 Å². The van der Waals surface area contributed by atoms with Crippen LogP contribution in [0.1, 0.15) is 27.7 Å². The van der Waals surface area contributed by atoms with Crippen molar-refractivity contribution in [3.8, 4) is 0 Å². The van der Waals surface area contributed by atoms with Gasteiger partial charge in [0.15, 0.2) is 0 Å². The van der Waals surface area contributed by atoms with E-state index in [9.17, 15) is 0 Å². The smallest absolute Gasteiger partial charge is 0.293 e. The quantitative estimate of drug-likeness (QED) is 0.493. The van der Waals surface area contributed by atoms with E-state index in [1.54, 1.807) is 6.07 Å². The van der Waals surface area contributed by atoms with Crippen LogP contribution >= 0.6 is 24.4 Å². The summed E-state index contributed by atoms with van der Waals surface area (Å²) < 4.78 is 0. The standard InChI is InChI=1S/C14H18N4O2S2/c1-9(2)17-19-13(21)15-11-6-5-7-12(8-11)16-14(22)20-18-10(3)4/h5-8H,1-4H3,(H,15,21)(H,16,22). The lowest BCUT2D eigenvalue weighted by Gasteiger charge is -2.09. The molecule has 8 heteroatoms. The molecule has 0 bridgehead atoms. The van der Waals surface area contributed by atoms with Crippen LogP contribution in [0.5, 0.6) is 0 Å². The van der Waals surface area contributed by atoms with Gasteiger partial charge in [-0.05, 0) is 70.3 Å². The molecule has 0 fully saturated rings. The Morgan fingerprint density at radius 1 is 0.864 bits per heavy atom. The molecule has 0 radical (unpaired) electrons. The van der Waals surface area contributed by atoms with Crippen molar-refractivity contribution in [1.82, 2.24) is 0 Å². The lowest BCUT2D eigenvalue weighted by atomic mass is 10.3. The monoisotopic (exact) mass is 338 g/mol. The van der Waals surface area contributed by atoms with E-state index in [-0.39, 0.29) is 10.3 Å². The van der Waals surface area contributed by atoms with E-state index in [1.165, 1.54) is 0 Å². The van der Waals surface area contributed by atoms with E-state index in [0.717, 1.165) is 22.8 Å². The van der Waals surface area contributed by atoms with E-state index in [4.69, 9.17) is 34.1 Å². The molecule has 0 aliphatic heterocycles. The molecule has 0 unspecified atom stereocenters. The molecule has 0 aliphatic rings. The Kier molecular flexibility index (Phi) is 7.41. The summed E-state index contributed by atoms with van der Waals surface area (Å²) >= 11 is 10.1. The minimum Gasteiger partial charge on any atom is -0.326 e. The van der Waals surface area contributed by atoms with E-state index >= 15 is 0 Å². The number of rotatable bonds is 4. The highest BCUT2D eigenvalue weighted by atomic mass is 32.1. The van der Waals surface area contributed by atoms with Gasteiger partial charge in [0.1, 0.15) is 0 Å². The van der Waals surface area contributed by atoms with Gasteiger partial charge in [-0.15, -0.1) is 0 Å². The average molecular weight is 338 g/mol. The molecule has 1 rings (SSSR count). The zero-order valence-corrected chi connectivity index (χ0v) is 14.5. The molecular formula is C14H18N4O2S2. The molecule has 0 saturated heterocycles. The van der Waals surface area contributed by atoms with E-state index in [2.05, 4.69) is 20.9 Å². The minimum atomic E-state index is 0.156. The van der Waals surface area contributed by atoms with Gasteiger partial charge in [-0.25, -0.2) is 0 Å². The Morgan fingerprint density at radius 3 is 1.64 bits per heavy atom. The van der Waals surface area contributed by atoms with Crippen LogP contribution in [-0.4, -0.2) is 21.8 Å². The highest BCUT2D eigenvalue weighted by Crippen LogP contribution is 2.15. The third kappa shape index (κ3) is 7.65. The number of anilines is 2. The van der Waals surface area contributed by atoms with Gasteiger partial charge in [-0.2, -0.15) is 0 Å². The average Bonchev–Trinajstić information content (AvgIpc) is 2.43. The van der Waals surface area contributed by atoms with E-state index in [0.29, 0.717) is 0 Å². The second kappa shape index (κ2) is 9.06. The summed E-state index contributed by atoms with van der Waals surface area (Å²) in [6, 6.07) is 7.30. The van der Waals surface area contributed by atoms with Crippen LogP contribution in [0, 0.1) is 0 Å². The molecule has 0 aliphatic carbocycles. The lowest BCUT2D eigenvalue weighted by Crippen LogP contribution is -2.13. The minimum absolute atomic E-state index is 0.156. The van der Waals surface area contributed by atoms with Gasteiger partial charge >= 0.3 is 0 Å². The molecule has 0 spiro atoms. The number of benzene rings is 1. The molecule has 1 aromatic carbocycles. The summed E-state index contributed by atoms with van der Waals surface area (Å²) in [7, 11) is 0. The fourth-order valence-corrected chi connectivity index (χ4v) is 1.53. The van der Waals surface area contributed by atoms with Gasteiger partial charge in [-0.3, -0.25) is 0 Å². The second-order valence-corrected chi connectivity index (χ2v) is 5.41. The maximum Gasteiger partial charge on any atom is 0.293 e. The van der Waals surface area contributed by atoms with Crippen molar-refractivity contribution < 1.29 is 9.68 Å². The maximum absolute atomic E-state index is 5.03. The van der Waals surface area contributed by atoms with Gasteiger partial charge in [0.25, 0.3) is 10.3 Å². The molecule has 0 atom stereocenters. The Labute approximate surface area is 140 Å². The number of nitrogens with one attached hydrogen (secondary N) is 2. The first-order valence-electron chi connectivity index (χ1n) is 6.45. The van der Waals surface area contributed by atoms with Crippen molar-refractivity contribution in [2.24, 2.45) is 10.3 Å². The summed E-state index contributed by atoms with van der Waals surface area (Å²) in [4.78, 5) is 10.0. The first kappa shape index (κ1) is 18.0. The van der Waals surface area contributed by atoms with Crippen molar-refractivity contribution in [1.29, 1.82) is 0 Å². The van der Waals surface area contributed by atoms with Gasteiger partial charge < -0.3 is 20.3 Å². The Balaban J connectivity index is 2.62. The van der Waals surface area contributed by atoms with Crippen molar-refractivity contribution in [3.63, 3.8) is 0 Å². The molecule has 0 amide bonds. The molecule has 6 nitrogen and oxygen atoms in total. The molecular weight excluding hydrogens is 320 g/mol. The fourth-order valence-electron chi connectivity index (χ4n) is 1.22. The van der Waals surface area contributed by atoms with Crippen LogP contribution in [-0.2, 0) is 9.68 Å². The molecule has 0 heterocycles. The number of thiocarbonyl (C=S) groups is 2. The van der Waals surface area contributed by atoms with Gasteiger partial charge in [0.05, 0.1) is 11.4 Å². The number of oxime groups is 2.